The third kappa shape index (κ3) is 3.17. The minimum absolute atomic E-state index is 0.147. The number of nitrogens with zero attached hydrogens (tertiary/aromatic N) is 1. The Morgan fingerprint density at radius 2 is 2.14 bits per heavy atom. The maximum atomic E-state index is 12.5. The van der Waals surface area contributed by atoms with Gasteiger partial charge in [-0.3, -0.25) is 9.69 Å². The van der Waals surface area contributed by atoms with Crippen molar-refractivity contribution in [3.05, 3.63) is 36.0 Å². The summed E-state index contributed by atoms with van der Waals surface area (Å²) in [6.07, 6.45) is 4.29. The quantitative estimate of drug-likeness (QED) is 0.853. The third-order valence-corrected chi connectivity index (χ3v) is 4.41. The molecule has 1 atom stereocenters. The van der Waals surface area contributed by atoms with Gasteiger partial charge in [0.1, 0.15) is 0 Å². The second kappa shape index (κ2) is 5.62. The van der Waals surface area contributed by atoms with Gasteiger partial charge < -0.3 is 10.1 Å². The van der Waals surface area contributed by atoms with Gasteiger partial charge in [0.15, 0.2) is 5.78 Å². The van der Waals surface area contributed by atoms with Crippen LogP contribution in [-0.2, 0) is 0 Å². The molecule has 1 unspecified atom stereocenters. The number of carbonyl (C=O) groups excluding carboxylic acids is 1. The maximum Gasteiger partial charge on any atom is 0.178 e. The van der Waals surface area contributed by atoms with Gasteiger partial charge in [-0.2, -0.15) is 0 Å². The zero-order valence-corrected chi connectivity index (χ0v) is 12.4. The van der Waals surface area contributed by atoms with E-state index in [4.69, 9.17) is 0 Å². The number of hydrogen-bond acceptors (Lipinski definition) is 3. The number of ketones is 1. The van der Waals surface area contributed by atoms with Gasteiger partial charge in [-0.15, -0.1) is 0 Å². The topological polar surface area (TPSA) is 56.3 Å². The van der Waals surface area contributed by atoms with E-state index in [0.717, 1.165) is 48.8 Å². The molecule has 1 aliphatic rings. The fourth-order valence-corrected chi connectivity index (χ4v) is 3.07. The number of carbonyl (C=O) groups is 1. The number of aromatic nitrogens is 1. The number of para-hydroxylation sites is 1. The highest BCUT2D eigenvalue weighted by Crippen LogP contribution is 2.22. The van der Waals surface area contributed by atoms with Crippen LogP contribution in [0.5, 0.6) is 0 Å². The van der Waals surface area contributed by atoms with Crippen LogP contribution >= 0.6 is 0 Å². The zero-order valence-electron chi connectivity index (χ0n) is 12.4. The third-order valence-electron chi connectivity index (χ3n) is 4.41. The predicted octanol–water partition coefficient (Wildman–Crippen LogP) is 2.59. The Hall–Kier alpha value is -1.65. The molecular weight excluding hydrogens is 264 g/mol. The highest BCUT2D eigenvalue weighted by Gasteiger charge is 2.26. The zero-order chi connectivity index (χ0) is 14.9. The van der Waals surface area contributed by atoms with Crippen LogP contribution in [0, 0.1) is 0 Å². The van der Waals surface area contributed by atoms with Gasteiger partial charge in [-0.1, -0.05) is 18.2 Å². The molecule has 1 saturated heterocycles. The fraction of sp³-hybridized carbons (Fsp3) is 0.471. The number of aromatic amines is 1. The second-order valence-corrected chi connectivity index (χ2v) is 6.30. The Labute approximate surface area is 124 Å². The molecule has 1 aliphatic heterocycles. The molecule has 0 spiro atoms. The van der Waals surface area contributed by atoms with Gasteiger partial charge in [0.25, 0.3) is 0 Å². The van der Waals surface area contributed by atoms with Crippen LogP contribution in [0.15, 0.2) is 30.5 Å². The first-order valence-electron chi connectivity index (χ1n) is 7.59. The van der Waals surface area contributed by atoms with Gasteiger partial charge >= 0.3 is 0 Å². The lowest BCUT2D eigenvalue weighted by Gasteiger charge is -2.21. The first-order valence-corrected chi connectivity index (χ1v) is 7.59. The van der Waals surface area contributed by atoms with E-state index in [1.807, 2.05) is 31.2 Å². The Bertz CT molecular complexity index is 645. The van der Waals surface area contributed by atoms with Crippen molar-refractivity contribution in [3.63, 3.8) is 0 Å². The Kier molecular flexibility index (Phi) is 3.83. The first-order chi connectivity index (χ1) is 10.1. The van der Waals surface area contributed by atoms with Gasteiger partial charge in [0.2, 0.25) is 0 Å². The lowest BCUT2D eigenvalue weighted by atomic mass is 9.98. The summed E-state index contributed by atoms with van der Waals surface area (Å²) in [6, 6.07) is 7.88. The maximum absolute atomic E-state index is 12.5. The summed E-state index contributed by atoms with van der Waals surface area (Å²) in [4.78, 5) is 17.8. The molecule has 0 amide bonds. The lowest BCUT2D eigenvalue weighted by Crippen LogP contribution is -2.32. The van der Waals surface area contributed by atoms with Crippen LogP contribution in [0.25, 0.3) is 10.9 Å². The van der Waals surface area contributed by atoms with Crippen molar-refractivity contribution in [1.82, 2.24) is 9.88 Å². The Morgan fingerprint density at radius 3 is 3.00 bits per heavy atom. The second-order valence-electron chi connectivity index (χ2n) is 6.30. The standard InChI is InChI=1S/C17H22N2O2/c1-17(21)7-4-9-19(10-8-17)12-16(20)14-11-18-15-6-3-2-5-13(14)15/h2-3,5-6,11,18,21H,4,7-10,12H2,1H3. The van der Waals surface area contributed by atoms with E-state index >= 15 is 0 Å². The number of fused-ring (bicyclic) bond motifs is 1. The van der Waals surface area contributed by atoms with E-state index in [-0.39, 0.29) is 5.78 Å². The summed E-state index contributed by atoms with van der Waals surface area (Å²) >= 11 is 0. The summed E-state index contributed by atoms with van der Waals surface area (Å²) < 4.78 is 0. The molecule has 1 fully saturated rings. The average molecular weight is 286 g/mol. The van der Waals surface area contributed by atoms with Gasteiger partial charge in [-0.25, -0.2) is 0 Å². The van der Waals surface area contributed by atoms with E-state index in [2.05, 4.69) is 9.88 Å². The summed E-state index contributed by atoms with van der Waals surface area (Å²) in [5, 5.41) is 11.1. The van der Waals surface area contributed by atoms with Crippen molar-refractivity contribution >= 4 is 16.7 Å². The average Bonchev–Trinajstić information content (AvgIpc) is 2.81. The SMILES string of the molecule is CC1(O)CCCN(CC(=O)c2c[nH]c3ccccc23)CC1. The van der Waals surface area contributed by atoms with Crippen LogP contribution in [0.2, 0.25) is 0 Å². The monoisotopic (exact) mass is 286 g/mol. The number of H-pyrrole nitrogens is 1. The smallest absolute Gasteiger partial charge is 0.178 e. The molecule has 0 bridgehead atoms. The molecule has 0 radical (unpaired) electrons. The van der Waals surface area contributed by atoms with Crippen LogP contribution < -0.4 is 0 Å². The van der Waals surface area contributed by atoms with Crippen molar-refractivity contribution in [2.24, 2.45) is 0 Å². The van der Waals surface area contributed by atoms with Gasteiger partial charge in [0, 0.05) is 29.2 Å². The van der Waals surface area contributed by atoms with E-state index < -0.39 is 5.60 Å². The first kappa shape index (κ1) is 14.3. The fourth-order valence-electron chi connectivity index (χ4n) is 3.07. The molecule has 1 aromatic heterocycles. The van der Waals surface area contributed by atoms with Crippen LogP contribution in [0.3, 0.4) is 0 Å². The minimum Gasteiger partial charge on any atom is -0.390 e. The van der Waals surface area contributed by atoms with Gasteiger partial charge in [0.05, 0.1) is 12.1 Å². The number of benzene rings is 1. The number of hydrogen-bond donors (Lipinski definition) is 2. The van der Waals surface area contributed by atoms with E-state index in [1.54, 1.807) is 6.20 Å². The van der Waals surface area contributed by atoms with Crippen molar-refractivity contribution in [1.29, 1.82) is 0 Å². The number of nitrogens with one attached hydrogen (secondary N) is 1. The molecule has 3 rings (SSSR count). The Balaban J connectivity index is 1.71. The van der Waals surface area contributed by atoms with Crippen LogP contribution in [0.1, 0.15) is 36.5 Å². The van der Waals surface area contributed by atoms with E-state index in [0.29, 0.717) is 6.54 Å². The lowest BCUT2D eigenvalue weighted by molar-refractivity contribution is 0.0444. The largest absolute Gasteiger partial charge is 0.390 e. The minimum atomic E-state index is -0.585. The molecule has 2 aromatic rings. The van der Waals surface area contributed by atoms with Crippen molar-refractivity contribution < 1.29 is 9.90 Å². The van der Waals surface area contributed by atoms with Crippen molar-refractivity contribution in [2.45, 2.75) is 31.8 Å². The molecular formula is C17H22N2O2. The number of rotatable bonds is 3. The summed E-state index contributed by atoms with van der Waals surface area (Å²) in [5.74, 6) is 0.147. The van der Waals surface area contributed by atoms with E-state index in [9.17, 15) is 9.90 Å². The van der Waals surface area contributed by atoms with Crippen LogP contribution in [-0.4, -0.2) is 46.0 Å². The molecule has 1 aromatic carbocycles. The molecule has 2 heterocycles. The van der Waals surface area contributed by atoms with Crippen molar-refractivity contribution in [2.75, 3.05) is 19.6 Å². The molecule has 21 heavy (non-hydrogen) atoms. The van der Waals surface area contributed by atoms with Crippen LogP contribution in [0.4, 0.5) is 0 Å². The summed E-state index contributed by atoms with van der Waals surface area (Å²) in [6.45, 7) is 3.97. The molecule has 112 valence electrons. The summed E-state index contributed by atoms with van der Waals surface area (Å²) in [5.41, 5.74) is 1.18. The number of Topliss-reactive ketones (excluding diaryl/α,β-unsaturated/α-hetero) is 1. The Morgan fingerprint density at radius 1 is 1.33 bits per heavy atom. The normalized spacial score (nSPS) is 24.1. The highest BCUT2D eigenvalue weighted by molar-refractivity contribution is 6.08. The molecule has 4 nitrogen and oxygen atoms in total. The molecule has 0 aliphatic carbocycles. The molecule has 2 N–H and O–H groups in total. The molecule has 0 saturated carbocycles. The molecule has 4 heteroatoms. The van der Waals surface area contributed by atoms with Crippen molar-refractivity contribution in [3.8, 4) is 0 Å². The van der Waals surface area contributed by atoms with E-state index in [1.165, 1.54) is 0 Å². The highest BCUT2D eigenvalue weighted by atomic mass is 16.3. The number of aliphatic hydroxyl groups is 1. The number of likely N-dealkylation sites (tertiary alicyclic amines) is 1. The predicted molar refractivity (Wildman–Crippen MR) is 83.5 cm³/mol. The summed E-state index contributed by atoms with van der Waals surface area (Å²) in [7, 11) is 0. The van der Waals surface area contributed by atoms with Gasteiger partial charge in [-0.05, 0) is 38.8 Å².